The SMILES string of the molecule is Cc1cc(NCc2ccc(C3(C#N)CC3)cc2)cc(S(C)(=O)=O)c1. The van der Waals surface area contributed by atoms with Crippen molar-refractivity contribution in [1.29, 1.82) is 5.26 Å². The molecule has 1 aliphatic carbocycles. The highest BCUT2D eigenvalue weighted by Crippen LogP contribution is 2.47. The predicted molar refractivity (Wildman–Crippen MR) is 94.6 cm³/mol. The summed E-state index contributed by atoms with van der Waals surface area (Å²) in [7, 11) is -3.22. The molecule has 1 fully saturated rings. The van der Waals surface area contributed by atoms with Crippen LogP contribution in [0.2, 0.25) is 0 Å². The van der Waals surface area contributed by atoms with E-state index in [9.17, 15) is 13.7 Å². The quantitative estimate of drug-likeness (QED) is 0.903. The average Bonchev–Trinajstić information content (AvgIpc) is 3.33. The monoisotopic (exact) mass is 340 g/mol. The summed E-state index contributed by atoms with van der Waals surface area (Å²) in [5.74, 6) is 0. The second-order valence-corrected chi connectivity index (χ2v) is 8.57. The molecular formula is C19H20N2O2S. The molecule has 0 bridgehead atoms. The Balaban J connectivity index is 1.72. The minimum Gasteiger partial charge on any atom is -0.381 e. The van der Waals surface area contributed by atoms with Crippen LogP contribution in [0.15, 0.2) is 47.4 Å². The minimum absolute atomic E-state index is 0.257. The fourth-order valence-electron chi connectivity index (χ4n) is 2.80. The van der Waals surface area contributed by atoms with Gasteiger partial charge in [0.2, 0.25) is 0 Å². The van der Waals surface area contributed by atoms with Crippen molar-refractivity contribution < 1.29 is 8.42 Å². The highest BCUT2D eigenvalue weighted by Gasteiger charge is 2.44. The molecule has 0 aromatic heterocycles. The van der Waals surface area contributed by atoms with Gasteiger partial charge in [0.25, 0.3) is 0 Å². The molecule has 1 N–H and O–H groups in total. The zero-order valence-corrected chi connectivity index (χ0v) is 14.7. The van der Waals surface area contributed by atoms with Crippen molar-refractivity contribution in [2.45, 2.75) is 36.6 Å². The minimum atomic E-state index is -3.22. The molecule has 0 radical (unpaired) electrons. The number of nitrogens with zero attached hydrogens (tertiary/aromatic N) is 1. The average molecular weight is 340 g/mol. The van der Waals surface area contributed by atoms with Crippen molar-refractivity contribution in [2.24, 2.45) is 0 Å². The Morgan fingerprint density at radius 1 is 1.17 bits per heavy atom. The van der Waals surface area contributed by atoms with Gasteiger partial charge >= 0.3 is 0 Å². The van der Waals surface area contributed by atoms with E-state index < -0.39 is 9.84 Å². The summed E-state index contributed by atoms with van der Waals surface area (Å²) in [5.41, 5.74) is 3.61. The maximum atomic E-state index is 11.7. The maximum Gasteiger partial charge on any atom is 0.175 e. The van der Waals surface area contributed by atoms with Gasteiger partial charge in [-0.1, -0.05) is 24.3 Å². The van der Waals surface area contributed by atoms with Crippen LogP contribution < -0.4 is 5.32 Å². The van der Waals surface area contributed by atoms with Crippen LogP contribution in [-0.2, 0) is 21.8 Å². The summed E-state index contributed by atoms with van der Waals surface area (Å²) in [6.07, 6.45) is 3.10. The predicted octanol–water partition coefficient (Wildman–Crippen LogP) is 3.57. The Labute approximate surface area is 143 Å². The van der Waals surface area contributed by atoms with Gasteiger partial charge in [0.15, 0.2) is 9.84 Å². The van der Waals surface area contributed by atoms with Gasteiger partial charge in [-0.3, -0.25) is 0 Å². The number of sulfone groups is 1. The van der Waals surface area contributed by atoms with Gasteiger partial charge in [0.1, 0.15) is 0 Å². The Morgan fingerprint density at radius 3 is 2.38 bits per heavy atom. The van der Waals surface area contributed by atoms with Crippen LogP contribution >= 0.6 is 0 Å². The normalized spacial score (nSPS) is 15.5. The molecule has 5 heteroatoms. The Kier molecular flexibility index (Phi) is 4.10. The third kappa shape index (κ3) is 3.44. The third-order valence-electron chi connectivity index (χ3n) is 4.45. The Hall–Kier alpha value is -2.32. The first-order valence-electron chi connectivity index (χ1n) is 7.89. The van der Waals surface area contributed by atoms with E-state index in [0.717, 1.165) is 35.2 Å². The van der Waals surface area contributed by atoms with Crippen LogP contribution in [0.4, 0.5) is 5.69 Å². The molecule has 0 atom stereocenters. The van der Waals surface area contributed by atoms with E-state index in [1.165, 1.54) is 6.26 Å². The summed E-state index contributed by atoms with van der Waals surface area (Å²) >= 11 is 0. The standard InChI is InChI=1S/C19H20N2O2S/c1-14-9-17(11-18(10-14)24(2,22)23)21-12-15-3-5-16(6-4-15)19(13-20)7-8-19/h3-6,9-11,21H,7-8,12H2,1-2H3. The lowest BCUT2D eigenvalue weighted by Gasteiger charge is -2.11. The third-order valence-corrected chi connectivity index (χ3v) is 5.54. The van der Waals surface area contributed by atoms with E-state index in [4.69, 9.17) is 0 Å². The number of hydrogen-bond donors (Lipinski definition) is 1. The molecule has 0 amide bonds. The molecule has 0 aliphatic heterocycles. The number of rotatable bonds is 5. The van der Waals surface area contributed by atoms with Crippen LogP contribution in [0, 0.1) is 18.3 Å². The highest BCUT2D eigenvalue weighted by atomic mass is 32.2. The van der Waals surface area contributed by atoms with Crippen molar-refractivity contribution in [2.75, 3.05) is 11.6 Å². The van der Waals surface area contributed by atoms with Crippen molar-refractivity contribution in [3.8, 4) is 6.07 Å². The highest BCUT2D eigenvalue weighted by molar-refractivity contribution is 7.90. The molecule has 0 heterocycles. The molecular weight excluding hydrogens is 320 g/mol. The first kappa shape index (κ1) is 16.5. The van der Waals surface area contributed by atoms with E-state index in [-0.39, 0.29) is 5.41 Å². The van der Waals surface area contributed by atoms with E-state index in [0.29, 0.717) is 11.4 Å². The molecule has 24 heavy (non-hydrogen) atoms. The van der Waals surface area contributed by atoms with Crippen LogP contribution in [0.5, 0.6) is 0 Å². The topological polar surface area (TPSA) is 70.0 Å². The lowest BCUT2D eigenvalue weighted by Crippen LogP contribution is -2.05. The van der Waals surface area contributed by atoms with Gasteiger partial charge in [-0.25, -0.2) is 8.42 Å². The van der Waals surface area contributed by atoms with Gasteiger partial charge in [-0.05, 0) is 54.7 Å². The summed E-state index contributed by atoms with van der Waals surface area (Å²) in [6, 6.07) is 15.7. The second kappa shape index (κ2) is 5.95. The number of aryl methyl sites for hydroxylation is 1. The summed E-state index contributed by atoms with van der Waals surface area (Å²) < 4.78 is 23.4. The van der Waals surface area contributed by atoms with E-state index in [1.807, 2.05) is 37.3 Å². The lowest BCUT2D eigenvalue weighted by atomic mass is 9.97. The zero-order valence-electron chi connectivity index (χ0n) is 13.8. The van der Waals surface area contributed by atoms with Gasteiger partial charge < -0.3 is 5.32 Å². The molecule has 1 aliphatic rings. The number of hydrogen-bond acceptors (Lipinski definition) is 4. The maximum absolute atomic E-state index is 11.7. The molecule has 0 spiro atoms. The number of benzene rings is 2. The summed E-state index contributed by atoms with van der Waals surface area (Å²) in [6.45, 7) is 2.48. The van der Waals surface area contributed by atoms with Crippen LogP contribution in [0.25, 0.3) is 0 Å². The molecule has 0 saturated heterocycles. The fourth-order valence-corrected chi connectivity index (χ4v) is 3.54. The smallest absolute Gasteiger partial charge is 0.175 e. The number of nitriles is 1. The van der Waals surface area contributed by atoms with Gasteiger partial charge in [0, 0.05) is 18.5 Å². The van der Waals surface area contributed by atoms with Crippen molar-refractivity contribution in [3.63, 3.8) is 0 Å². The Morgan fingerprint density at radius 2 is 1.83 bits per heavy atom. The molecule has 1 saturated carbocycles. The lowest BCUT2D eigenvalue weighted by molar-refractivity contribution is 0.602. The molecule has 4 nitrogen and oxygen atoms in total. The number of nitrogens with one attached hydrogen (secondary N) is 1. The first-order valence-corrected chi connectivity index (χ1v) is 9.78. The van der Waals surface area contributed by atoms with Crippen LogP contribution in [-0.4, -0.2) is 14.7 Å². The zero-order chi connectivity index (χ0) is 17.4. The number of anilines is 1. The fraction of sp³-hybridized carbons (Fsp3) is 0.316. The molecule has 3 rings (SSSR count). The molecule has 2 aromatic rings. The largest absolute Gasteiger partial charge is 0.381 e. The van der Waals surface area contributed by atoms with Gasteiger partial charge in [-0.2, -0.15) is 5.26 Å². The first-order chi connectivity index (χ1) is 11.3. The molecule has 124 valence electrons. The molecule has 0 unspecified atom stereocenters. The van der Waals surface area contributed by atoms with E-state index in [2.05, 4.69) is 11.4 Å². The van der Waals surface area contributed by atoms with Crippen LogP contribution in [0.1, 0.15) is 29.5 Å². The van der Waals surface area contributed by atoms with Gasteiger partial charge in [-0.15, -0.1) is 0 Å². The van der Waals surface area contributed by atoms with Crippen molar-refractivity contribution in [3.05, 3.63) is 59.2 Å². The Bertz CT molecular complexity index is 905. The van der Waals surface area contributed by atoms with Crippen molar-refractivity contribution in [1.82, 2.24) is 0 Å². The van der Waals surface area contributed by atoms with Crippen molar-refractivity contribution >= 4 is 15.5 Å². The van der Waals surface area contributed by atoms with E-state index >= 15 is 0 Å². The molecule has 2 aromatic carbocycles. The van der Waals surface area contributed by atoms with Crippen LogP contribution in [0.3, 0.4) is 0 Å². The summed E-state index contributed by atoms with van der Waals surface area (Å²) in [4.78, 5) is 0.324. The second-order valence-electron chi connectivity index (χ2n) is 6.55. The summed E-state index contributed by atoms with van der Waals surface area (Å²) in [5, 5.41) is 12.5. The van der Waals surface area contributed by atoms with E-state index in [1.54, 1.807) is 12.1 Å². The van der Waals surface area contributed by atoms with Gasteiger partial charge in [0.05, 0.1) is 16.4 Å².